The van der Waals surface area contributed by atoms with Crippen molar-refractivity contribution in [3.63, 3.8) is 0 Å². The number of ether oxygens (including phenoxy) is 3. The molecular formula is C14H26O3. The summed E-state index contributed by atoms with van der Waals surface area (Å²) in [6.45, 7) is 5.66. The molecule has 3 nitrogen and oxygen atoms in total. The highest BCUT2D eigenvalue weighted by atomic mass is 16.6. The van der Waals surface area contributed by atoms with E-state index in [-0.39, 0.29) is 0 Å². The van der Waals surface area contributed by atoms with Crippen LogP contribution in [-0.4, -0.2) is 40.6 Å². The van der Waals surface area contributed by atoms with Gasteiger partial charge in [-0.25, -0.2) is 0 Å². The molecule has 1 aliphatic rings. The van der Waals surface area contributed by atoms with Gasteiger partial charge in [0, 0.05) is 21.3 Å². The summed E-state index contributed by atoms with van der Waals surface area (Å²) < 4.78 is 13.8. The van der Waals surface area contributed by atoms with Crippen LogP contribution in [0, 0.1) is 0 Å². The lowest BCUT2D eigenvalue weighted by atomic mass is 10.4. The first kappa shape index (κ1) is 18.5. The van der Waals surface area contributed by atoms with Crippen molar-refractivity contribution >= 4 is 0 Å². The molecule has 100 valence electrons. The van der Waals surface area contributed by atoms with E-state index in [4.69, 9.17) is 9.47 Å². The average Bonchev–Trinajstić information content (AvgIpc) is 3.20. The molecule has 2 rings (SSSR count). The second-order valence-electron chi connectivity index (χ2n) is 2.97. The summed E-state index contributed by atoms with van der Waals surface area (Å²) >= 11 is 0. The Bertz CT molecular complexity index is 171. The number of methoxy groups -OCH3 is 2. The van der Waals surface area contributed by atoms with Gasteiger partial charge in [0.1, 0.15) is 6.10 Å². The lowest BCUT2D eigenvalue weighted by Crippen LogP contribution is -1.94. The highest BCUT2D eigenvalue weighted by molar-refractivity contribution is 4.99. The highest BCUT2D eigenvalue weighted by Gasteiger charge is 2.21. The van der Waals surface area contributed by atoms with Crippen LogP contribution in [0.5, 0.6) is 0 Å². The third-order valence-corrected chi connectivity index (χ3v) is 1.42. The molecule has 0 N–H and O–H groups in total. The minimum atomic E-state index is 0.426. The molecule has 1 aromatic carbocycles. The summed E-state index contributed by atoms with van der Waals surface area (Å²) in [5, 5.41) is 0. The van der Waals surface area contributed by atoms with Crippen LogP contribution in [0.15, 0.2) is 36.4 Å². The van der Waals surface area contributed by atoms with Gasteiger partial charge in [0.05, 0.1) is 13.2 Å². The van der Waals surface area contributed by atoms with Gasteiger partial charge in [-0.2, -0.15) is 0 Å². The Morgan fingerprint density at radius 1 is 0.941 bits per heavy atom. The third-order valence-electron chi connectivity index (χ3n) is 1.42. The van der Waals surface area contributed by atoms with Crippen LogP contribution in [0.1, 0.15) is 13.8 Å². The molecule has 0 aliphatic carbocycles. The minimum Gasteiger partial charge on any atom is -0.388 e. The summed E-state index contributed by atoms with van der Waals surface area (Å²) in [5.74, 6) is 0. The van der Waals surface area contributed by atoms with Gasteiger partial charge in [-0.05, 0) is 0 Å². The molecule has 1 atom stereocenters. The predicted molar refractivity (Wildman–Crippen MR) is 72.3 cm³/mol. The fourth-order valence-corrected chi connectivity index (χ4v) is 0.735. The maximum atomic E-state index is 4.82. The maximum absolute atomic E-state index is 4.82. The zero-order chi connectivity index (χ0) is 13.4. The number of hydrogen-bond donors (Lipinski definition) is 0. The Morgan fingerprint density at radius 3 is 1.35 bits per heavy atom. The van der Waals surface area contributed by atoms with Gasteiger partial charge >= 0.3 is 0 Å². The Morgan fingerprint density at radius 2 is 1.24 bits per heavy atom. The molecule has 0 saturated carbocycles. The Labute approximate surface area is 106 Å². The predicted octanol–water partition coefficient (Wildman–Crippen LogP) is 3.01. The number of benzene rings is 1. The number of rotatable bonds is 2. The first-order valence-corrected chi connectivity index (χ1v) is 5.85. The molecule has 0 amide bonds. The van der Waals surface area contributed by atoms with Gasteiger partial charge in [0.25, 0.3) is 0 Å². The smallest absolute Gasteiger partial charge is 0.104 e. The largest absolute Gasteiger partial charge is 0.388 e. The lowest BCUT2D eigenvalue weighted by molar-refractivity contribution is 0.171. The van der Waals surface area contributed by atoms with Crippen molar-refractivity contribution in [2.45, 2.75) is 20.0 Å². The second-order valence-corrected chi connectivity index (χ2v) is 2.97. The van der Waals surface area contributed by atoms with Gasteiger partial charge in [-0.15, -0.1) is 0 Å². The van der Waals surface area contributed by atoms with E-state index >= 15 is 0 Å². The molecule has 1 saturated heterocycles. The van der Waals surface area contributed by atoms with Crippen molar-refractivity contribution < 1.29 is 14.2 Å². The SMILES string of the molecule is CC.COC.COCC1CO1.c1ccccc1. The first-order chi connectivity index (χ1) is 8.35. The standard InChI is InChI=1S/C6H6.C4H8O2.C2H6O.C2H6/c1-2-4-6-5-3-1;1-5-2-4-3-6-4;1-3-2;1-2/h1-6H;4H,2-3H2,1H3;1-2H3;1-2H3. The number of epoxide rings is 1. The fourth-order valence-electron chi connectivity index (χ4n) is 0.735. The average molecular weight is 242 g/mol. The van der Waals surface area contributed by atoms with E-state index in [1.54, 1.807) is 21.3 Å². The van der Waals surface area contributed by atoms with Gasteiger partial charge in [0.2, 0.25) is 0 Å². The molecular weight excluding hydrogens is 216 g/mol. The normalized spacial score (nSPS) is 15.0. The van der Waals surface area contributed by atoms with Crippen LogP contribution >= 0.6 is 0 Å². The van der Waals surface area contributed by atoms with E-state index in [9.17, 15) is 0 Å². The molecule has 0 bridgehead atoms. The summed E-state index contributed by atoms with van der Waals surface area (Å²) in [7, 11) is 4.93. The van der Waals surface area contributed by atoms with Crippen molar-refractivity contribution in [3.05, 3.63) is 36.4 Å². The lowest BCUT2D eigenvalue weighted by Gasteiger charge is -1.84. The van der Waals surface area contributed by atoms with E-state index in [1.807, 2.05) is 50.2 Å². The van der Waals surface area contributed by atoms with E-state index in [0.29, 0.717) is 6.10 Å². The molecule has 17 heavy (non-hydrogen) atoms. The van der Waals surface area contributed by atoms with Crippen LogP contribution < -0.4 is 0 Å². The Hall–Kier alpha value is -0.900. The molecule has 1 fully saturated rings. The number of hydrogen-bond acceptors (Lipinski definition) is 3. The van der Waals surface area contributed by atoms with E-state index in [2.05, 4.69) is 4.74 Å². The van der Waals surface area contributed by atoms with Gasteiger partial charge in [-0.1, -0.05) is 50.2 Å². The maximum Gasteiger partial charge on any atom is 0.104 e. The van der Waals surface area contributed by atoms with Gasteiger partial charge in [-0.3, -0.25) is 0 Å². The third kappa shape index (κ3) is 21.0. The quantitative estimate of drug-likeness (QED) is 0.747. The summed E-state index contributed by atoms with van der Waals surface area (Å²) in [4.78, 5) is 0. The summed E-state index contributed by atoms with van der Waals surface area (Å²) in [5.41, 5.74) is 0. The Balaban J connectivity index is 0. The van der Waals surface area contributed by atoms with Crippen LogP contribution in [-0.2, 0) is 14.2 Å². The monoisotopic (exact) mass is 242 g/mol. The fraction of sp³-hybridized carbons (Fsp3) is 0.571. The van der Waals surface area contributed by atoms with Crippen LogP contribution in [0.4, 0.5) is 0 Å². The van der Waals surface area contributed by atoms with E-state index in [1.165, 1.54) is 0 Å². The van der Waals surface area contributed by atoms with Crippen LogP contribution in [0.2, 0.25) is 0 Å². The van der Waals surface area contributed by atoms with E-state index < -0.39 is 0 Å². The van der Waals surface area contributed by atoms with Crippen LogP contribution in [0.25, 0.3) is 0 Å². The zero-order valence-electron chi connectivity index (χ0n) is 11.7. The molecule has 0 radical (unpaired) electrons. The second kappa shape index (κ2) is 17.5. The molecule has 1 aliphatic heterocycles. The summed E-state index contributed by atoms with van der Waals surface area (Å²) in [6, 6.07) is 12.0. The van der Waals surface area contributed by atoms with E-state index in [0.717, 1.165) is 13.2 Å². The zero-order valence-corrected chi connectivity index (χ0v) is 11.7. The Kier molecular flexibility index (Phi) is 19.0. The van der Waals surface area contributed by atoms with Crippen molar-refractivity contribution in [1.29, 1.82) is 0 Å². The van der Waals surface area contributed by atoms with Gasteiger partial charge in [0.15, 0.2) is 0 Å². The van der Waals surface area contributed by atoms with Crippen molar-refractivity contribution in [1.82, 2.24) is 0 Å². The highest BCUT2D eigenvalue weighted by Crippen LogP contribution is 2.06. The molecule has 1 unspecified atom stereocenters. The van der Waals surface area contributed by atoms with Gasteiger partial charge < -0.3 is 14.2 Å². The molecule has 1 aromatic rings. The summed E-state index contributed by atoms with van der Waals surface area (Å²) in [6.07, 6.45) is 0.426. The molecule has 1 heterocycles. The topological polar surface area (TPSA) is 31.0 Å². The molecule has 3 heteroatoms. The minimum absolute atomic E-state index is 0.426. The molecule has 0 aromatic heterocycles. The van der Waals surface area contributed by atoms with Crippen molar-refractivity contribution in [2.24, 2.45) is 0 Å². The molecule has 0 spiro atoms. The van der Waals surface area contributed by atoms with Crippen LogP contribution in [0.3, 0.4) is 0 Å². The van der Waals surface area contributed by atoms with Crippen molar-refractivity contribution in [3.8, 4) is 0 Å². The van der Waals surface area contributed by atoms with Crippen molar-refractivity contribution in [2.75, 3.05) is 34.5 Å². The first-order valence-electron chi connectivity index (χ1n) is 5.85.